The molecular formula is C29H31F5N10O3. The molecule has 2 aliphatic carbocycles. The van der Waals surface area contributed by atoms with E-state index in [2.05, 4.69) is 46.0 Å². The molecule has 4 aromatic heterocycles. The fraction of sp³-hybridized carbons (Fsp3) is 0.586. The molecule has 3 aliphatic rings. The molecule has 4 aromatic rings. The van der Waals surface area contributed by atoms with Gasteiger partial charge in [-0.25, -0.2) is 27.6 Å². The van der Waals surface area contributed by atoms with E-state index >= 15 is 0 Å². The number of rotatable bonds is 9. The lowest BCUT2D eigenvalue weighted by Gasteiger charge is -2.33. The Balaban J connectivity index is 1.18. The summed E-state index contributed by atoms with van der Waals surface area (Å²) in [5.41, 5.74) is 0.269. The standard InChI is InChI=1S/C29H31F5N10O3/c1-15-23(41-47-40-15)25(45)38-24(17-4-6-28(30,31)7-5-17)20-14-44-22(36-20)8-16(12-35-44)9-27(11-21(29(32,33)34)37-26(27)46)10-18-13-43(42-39-18)19-2-3-19/h8,12-14,17,19,21,24H,2-7,9-11H2,1H3,(H,37,46)(H,38,45)/t21-,24-,27+/m0/s1. The van der Waals surface area contributed by atoms with Gasteiger partial charge in [0, 0.05) is 25.5 Å². The maximum atomic E-state index is 14.0. The van der Waals surface area contributed by atoms with Crippen LogP contribution in [-0.4, -0.2) is 69.9 Å². The minimum atomic E-state index is -4.63. The molecule has 2 saturated carbocycles. The highest BCUT2D eigenvalue weighted by Crippen LogP contribution is 2.44. The third-order valence-electron chi connectivity index (χ3n) is 9.42. The summed E-state index contributed by atoms with van der Waals surface area (Å²) in [5, 5.41) is 24.9. The number of aromatic nitrogens is 8. The first-order chi connectivity index (χ1) is 22.3. The van der Waals surface area contributed by atoms with Crippen LogP contribution in [0.1, 0.15) is 90.2 Å². The lowest BCUT2D eigenvalue weighted by atomic mass is 9.75. The van der Waals surface area contributed by atoms with E-state index in [0.29, 0.717) is 22.6 Å². The number of carbonyl (C=O) groups is 2. The van der Waals surface area contributed by atoms with Crippen LogP contribution in [0.4, 0.5) is 22.0 Å². The normalized spacial score (nSPS) is 24.0. The number of nitrogens with one attached hydrogen (secondary N) is 2. The quantitative estimate of drug-likeness (QED) is 0.254. The molecule has 0 aromatic carbocycles. The third-order valence-corrected chi connectivity index (χ3v) is 9.42. The van der Waals surface area contributed by atoms with Gasteiger partial charge in [-0.2, -0.15) is 18.3 Å². The maximum absolute atomic E-state index is 14.0. The minimum Gasteiger partial charge on any atom is -0.344 e. The first-order valence-corrected chi connectivity index (χ1v) is 15.4. The van der Waals surface area contributed by atoms with Crippen molar-refractivity contribution in [1.29, 1.82) is 0 Å². The van der Waals surface area contributed by atoms with Gasteiger partial charge >= 0.3 is 6.18 Å². The van der Waals surface area contributed by atoms with Crippen LogP contribution in [0.3, 0.4) is 0 Å². The van der Waals surface area contributed by atoms with Crippen molar-refractivity contribution >= 4 is 17.5 Å². The molecule has 47 heavy (non-hydrogen) atoms. The summed E-state index contributed by atoms with van der Waals surface area (Å²) in [6.07, 6.45) is 0.894. The summed E-state index contributed by atoms with van der Waals surface area (Å²) in [6, 6.07) is -0.968. The Kier molecular flexibility index (Phi) is 7.50. The van der Waals surface area contributed by atoms with Crippen molar-refractivity contribution in [2.24, 2.45) is 11.3 Å². The van der Waals surface area contributed by atoms with Crippen molar-refractivity contribution < 1.29 is 36.2 Å². The Morgan fingerprint density at radius 2 is 1.91 bits per heavy atom. The van der Waals surface area contributed by atoms with E-state index in [1.54, 1.807) is 30.1 Å². The van der Waals surface area contributed by atoms with Crippen LogP contribution in [0.25, 0.3) is 5.65 Å². The van der Waals surface area contributed by atoms with E-state index in [0.717, 1.165) is 12.8 Å². The van der Waals surface area contributed by atoms with Crippen LogP contribution < -0.4 is 10.6 Å². The van der Waals surface area contributed by atoms with Gasteiger partial charge in [-0.1, -0.05) is 10.4 Å². The average molecular weight is 663 g/mol. The SMILES string of the molecule is Cc1nonc1C(=O)N[C@H](c1cn2ncc(C[C@@]3(Cc4cn(C5CC5)nn4)C[C@@H](C(F)(F)F)NC3=O)cc2n1)C1CCC(F)(F)CC1. The zero-order valence-electron chi connectivity index (χ0n) is 25.2. The molecule has 3 atom stereocenters. The van der Waals surface area contributed by atoms with Crippen LogP contribution in [0, 0.1) is 18.3 Å². The number of hydrogen-bond donors (Lipinski definition) is 2. The number of imidazole rings is 1. The second kappa shape index (κ2) is 11.3. The Labute approximate surface area is 263 Å². The van der Waals surface area contributed by atoms with Gasteiger partial charge in [-0.15, -0.1) is 5.10 Å². The van der Waals surface area contributed by atoms with Crippen LogP contribution in [0.15, 0.2) is 29.3 Å². The Bertz CT molecular complexity index is 1800. The topological polar surface area (TPSA) is 158 Å². The van der Waals surface area contributed by atoms with Crippen molar-refractivity contribution in [2.45, 2.75) is 94.9 Å². The summed E-state index contributed by atoms with van der Waals surface area (Å²) >= 11 is 0. The number of fused-ring (bicyclic) bond motifs is 1. The molecule has 0 bridgehead atoms. The van der Waals surface area contributed by atoms with Crippen LogP contribution in [-0.2, 0) is 17.6 Å². The molecule has 250 valence electrons. The molecule has 7 rings (SSSR count). The van der Waals surface area contributed by atoms with Crippen molar-refractivity contribution in [3.05, 3.63) is 53.0 Å². The predicted molar refractivity (Wildman–Crippen MR) is 150 cm³/mol. The zero-order valence-corrected chi connectivity index (χ0v) is 25.2. The van der Waals surface area contributed by atoms with Crippen molar-refractivity contribution in [1.82, 2.24) is 50.5 Å². The van der Waals surface area contributed by atoms with Crippen LogP contribution >= 0.6 is 0 Å². The summed E-state index contributed by atoms with van der Waals surface area (Å²) in [4.78, 5) is 31.1. The molecule has 1 saturated heterocycles. The van der Waals surface area contributed by atoms with E-state index < -0.39 is 47.8 Å². The molecule has 5 heterocycles. The predicted octanol–water partition coefficient (Wildman–Crippen LogP) is 3.87. The smallest absolute Gasteiger partial charge is 0.344 e. The number of carbonyl (C=O) groups excluding carboxylic acids is 2. The lowest BCUT2D eigenvalue weighted by Crippen LogP contribution is -2.39. The van der Waals surface area contributed by atoms with Crippen molar-refractivity contribution in [3.8, 4) is 0 Å². The second-order valence-corrected chi connectivity index (χ2v) is 13.0. The van der Waals surface area contributed by atoms with E-state index in [4.69, 9.17) is 0 Å². The third kappa shape index (κ3) is 6.28. The van der Waals surface area contributed by atoms with Gasteiger partial charge in [0.05, 0.1) is 41.3 Å². The van der Waals surface area contributed by atoms with Gasteiger partial charge in [0.15, 0.2) is 11.3 Å². The molecule has 2 N–H and O–H groups in total. The van der Waals surface area contributed by atoms with Crippen molar-refractivity contribution in [2.75, 3.05) is 0 Å². The summed E-state index contributed by atoms with van der Waals surface area (Å²) in [5.74, 6) is -4.52. The van der Waals surface area contributed by atoms with Crippen LogP contribution in [0.5, 0.6) is 0 Å². The Morgan fingerprint density at radius 1 is 1.15 bits per heavy atom. The highest BCUT2D eigenvalue weighted by molar-refractivity contribution is 5.93. The summed E-state index contributed by atoms with van der Waals surface area (Å²) < 4.78 is 77.2. The average Bonchev–Trinajstić information content (AvgIpc) is 3.29. The molecule has 3 fully saturated rings. The monoisotopic (exact) mass is 662 g/mol. The first kappa shape index (κ1) is 31.1. The summed E-state index contributed by atoms with van der Waals surface area (Å²) in [6.45, 7) is 1.54. The van der Waals surface area contributed by atoms with Gasteiger partial charge < -0.3 is 10.6 Å². The van der Waals surface area contributed by atoms with Gasteiger partial charge in [-0.05, 0) is 68.2 Å². The van der Waals surface area contributed by atoms with Gasteiger partial charge in [-0.3, -0.25) is 9.59 Å². The van der Waals surface area contributed by atoms with E-state index in [9.17, 15) is 31.5 Å². The number of hydrogen-bond acceptors (Lipinski definition) is 9. The molecule has 0 unspecified atom stereocenters. The molecule has 2 amide bonds. The molecule has 1 aliphatic heterocycles. The Morgan fingerprint density at radius 3 is 2.57 bits per heavy atom. The number of nitrogens with zero attached hydrogens (tertiary/aromatic N) is 8. The second-order valence-electron chi connectivity index (χ2n) is 13.0. The lowest BCUT2D eigenvalue weighted by molar-refractivity contribution is -0.155. The number of amides is 2. The first-order valence-electron chi connectivity index (χ1n) is 15.4. The van der Waals surface area contributed by atoms with Crippen molar-refractivity contribution in [3.63, 3.8) is 0 Å². The van der Waals surface area contributed by atoms with E-state index in [1.165, 1.54) is 10.7 Å². The fourth-order valence-corrected chi connectivity index (χ4v) is 6.72. The number of halogens is 5. The zero-order chi connectivity index (χ0) is 33.1. The summed E-state index contributed by atoms with van der Waals surface area (Å²) in [7, 11) is 0. The van der Waals surface area contributed by atoms with Gasteiger partial charge in [0.25, 0.3) is 5.91 Å². The van der Waals surface area contributed by atoms with E-state index in [-0.39, 0.29) is 61.9 Å². The molecule has 0 spiro atoms. The largest absolute Gasteiger partial charge is 0.408 e. The van der Waals surface area contributed by atoms with Crippen LogP contribution in [0.2, 0.25) is 0 Å². The Hall–Kier alpha value is -4.51. The number of aryl methyl sites for hydroxylation is 1. The highest BCUT2D eigenvalue weighted by atomic mass is 19.4. The minimum absolute atomic E-state index is 0.0465. The maximum Gasteiger partial charge on any atom is 0.408 e. The van der Waals surface area contributed by atoms with Gasteiger partial charge in [0.2, 0.25) is 11.8 Å². The molecule has 0 radical (unpaired) electrons. The number of alkyl halides is 5. The van der Waals surface area contributed by atoms with Gasteiger partial charge in [0.1, 0.15) is 11.7 Å². The fourth-order valence-electron chi connectivity index (χ4n) is 6.72. The molecule has 13 nitrogen and oxygen atoms in total. The highest BCUT2D eigenvalue weighted by Gasteiger charge is 2.55. The van der Waals surface area contributed by atoms with E-state index in [1.807, 2.05) is 0 Å². The molecule has 18 heteroatoms. The molecular weight excluding hydrogens is 631 g/mol.